The lowest BCUT2D eigenvalue weighted by Crippen LogP contribution is -2.38. The molecule has 100 valence electrons. The van der Waals surface area contributed by atoms with Crippen molar-refractivity contribution in [2.45, 2.75) is 38.3 Å². The van der Waals surface area contributed by atoms with Crippen molar-refractivity contribution in [2.75, 3.05) is 20.1 Å². The molecule has 18 heavy (non-hydrogen) atoms. The molecule has 2 fully saturated rings. The summed E-state index contributed by atoms with van der Waals surface area (Å²) in [4.78, 5) is 2.36. The Labute approximate surface area is 110 Å². The Bertz CT molecular complexity index is 343. The number of likely N-dealkylation sites (N-methyl/N-ethyl adjacent to an activating group) is 1. The van der Waals surface area contributed by atoms with Gasteiger partial charge in [0.25, 0.3) is 0 Å². The van der Waals surface area contributed by atoms with Crippen molar-refractivity contribution in [3.8, 4) is 0 Å². The monoisotopic (exact) mass is 248 g/mol. The molecule has 0 aromatic carbocycles. The molecule has 0 spiro atoms. The standard InChI is InChI=1S/C15H24N2O/c1-17(10-12-6-9-18-11-12)8-7-16-15(13-2-3-13)14-4-5-14/h6,9,11,13-16H,2-5,7-8,10H2,1H3. The van der Waals surface area contributed by atoms with Crippen LogP contribution < -0.4 is 5.32 Å². The van der Waals surface area contributed by atoms with E-state index >= 15 is 0 Å². The van der Waals surface area contributed by atoms with Crippen molar-refractivity contribution in [3.05, 3.63) is 24.2 Å². The number of nitrogens with zero attached hydrogens (tertiary/aromatic N) is 1. The van der Waals surface area contributed by atoms with Crippen LogP contribution in [0, 0.1) is 11.8 Å². The van der Waals surface area contributed by atoms with Crippen molar-refractivity contribution in [3.63, 3.8) is 0 Å². The number of hydrogen-bond acceptors (Lipinski definition) is 3. The molecule has 0 unspecified atom stereocenters. The zero-order valence-electron chi connectivity index (χ0n) is 11.3. The van der Waals surface area contributed by atoms with Gasteiger partial charge in [-0.25, -0.2) is 0 Å². The summed E-state index contributed by atoms with van der Waals surface area (Å²) in [6.45, 7) is 3.21. The lowest BCUT2D eigenvalue weighted by molar-refractivity contribution is 0.304. The van der Waals surface area contributed by atoms with E-state index in [1.54, 1.807) is 6.26 Å². The van der Waals surface area contributed by atoms with E-state index in [1.807, 2.05) is 12.3 Å². The second-order valence-corrected chi connectivity index (χ2v) is 6.02. The third-order valence-corrected chi connectivity index (χ3v) is 4.17. The molecule has 3 heteroatoms. The van der Waals surface area contributed by atoms with Gasteiger partial charge < -0.3 is 14.6 Å². The lowest BCUT2D eigenvalue weighted by atomic mass is 10.1. The molecule has 1 heterocycles. The van der Waals surface area contributed by atoms with Gasteiger partial charge in [0, 0.05) is 31.2 Å². The average molecular weight is 248 g/mol. The molecule has 2 saturated carbocycles. The van der Waals surface area contributed by atoms with Crippen molar-refractivity contribution < 1.29 is 4.42 Å². The largest absolute Gasteiger partial charge is 0.472 e. The van der Waals surface area contributed by atoms with Gasteiger partial charge in [0.15, 0.2) is 0 Å². The number of nitrogens with one attached hydrogen (secondary N) is 1. The fourth-order valence-electron chi connectivity index (χ4n) is 2.82. The molecule has 0 aliphatic heterocycles. The van der Waals surface area contributed by atoms with Gasteiger partial charge in [-0.1, -0.05) is 0 Å². The highest BCUT2D eigenvalue weighted by Crippen LogP contribution is 2.44. The highest BCUT2D eigenvalue weighted by molar-refractivity contribution is 5.04. The van der Waals surface area contributed by atoms with Crippen LogP contribution in [0.4, 0.5) is 0 Å². The van der Waals surface area contributed by atoms with Gasteiger partial charge in [-0.15, -0.1) is 0 Å². The molecule has 3 rings (SSSR count). The molecule has 0 amide bonds. The van der Waals surface area contributed by atoms with Gasteiger partial charge in [0.05, 0.1) is 12.5 Å². The van der Waals surface area contributed by atoms with Gasteiger partial charge in [0.1, 0.15) is 0 Å². The number of hydrogen-bond donors (Lipinski definition) is 1. The van der Waals surface area contributed by atoms with Crippen LogP contribution in [0.1, 0.15) is 31.2 Å². The molecule has 0 atom stereocenters. The first-order valence-electron chi connectivity index (χ1n) is 7.26. The van der Waals surface area contributed by atoms with Crippen LogP contribution in [0.25, 0.3) is 0 Å². The highest BCUT2D eigenvalue weighted by Gasteiger charge is 2.40. The summed E-state index contributed by atoms with van der Waals surface area (Å²) in [5.41, 5.74) is 1.26. The topological polar surface area (TPSA) is 28.4 Å². The predicted molar refractivity (Wildman–Crippen MR) is 72.3 cm³/mol. The first kappa shape index (κ1) is 12.2. The Hall–Kier alpha value is -0.800. The van der Waals surface area contributed by atoms with Crippen LogP contribution >= 0.6 is 0 Å². The summed E-state index contributed by atoms with van der Waals surface area (Å²) in [6.07, 6.45) is 9.41. The normalized spacial score (nSPS) is 19.9. The molecular weight excluding hydrogens is 224 g/mol. The SMILES string of the molecule is CN(CCNC(C1CC1)C1CC1)Cc1ccoc1. The Morgan fingerprint density at radius 1 is 1.33 bits per heavy atom. The zero-order chi connectivity index (χ0) is 12.4. The third kappa shape index (κ3) is 3.36. The Morgan fingerprint density at radius 3 is 2.61 bits per heavy atom. The Balaban J connectivity index is 1.35. The molecule has 2 aliphatic rings. The van der Waals surface area contributed by atoms with E-state index in [4.69, 9.17) is 4.42 Å². The van der Waals surface area contributed by atoms with E-state index < -0.39 is 0 Å². The maximum atomic E-state index is 5.10. The summed E-state index contributed by atoms with van der Waals surface area (Å²) in [5, 5.41) is 3.79. The summed E-state index contributed by atoms with van der Waals surface area (Å²) in [5.74, 6) is 1.99. The fraction of sp³-hybridized carbons (Fsp3) is 0.733. The molecular formula is C15H24N2O. The van der Waals surface area contributed by atoms with Gasteiger partial charge in [-0.05, 0) is 50.6 Å². The van der Waals surface area contributed by atoms with Crippen molar-refractivity contribution in [2.24, 2.45) is 11.8 Å². The maximum absolute atomic E-state index is 5.10. The maximum Gasteiger partial charge on any atom is 0.0947 e. The minimum Gasteiger partial charge on any atom is -0.472 e. The van der Waals surface area contributed by atoms with Crippen LogP contribution in [0.3, 0.4) is 0 Å². The minimum absolute atomic E-state index is 0.826. The van der Waals surface area contributed by atoms with E-state index in [9.17, 15) is 0 Å². The van der Waals surface area contributed by atoms with Gasteiger partial charge >= 0.3 is 0 Å². The Kier molecular flexibility index (Phi) is 3.71. The van der Waals surface area contributed by atoms with Crippen molar-refractivity contribution in [1.82, 2.24) is 10.2 Å². The van der Waals surface area contributed by atoms with Crippen LogP contribution in [0.5, 0.6) is 0 Å². The average Bonchev–Trinajstić information content (AvgIpc) is 3.27. The summed E-state index contributed by atoms with van der Waals surface area (Å²) >= 11 is 0. The molecule has 1 aromatic rings. The summed E-state index contributed by atoms with van der Waals surface area (Å²) in [7, 11) is 2.18. The molecule has 2 aliphatic carbocycles. The van der Waals surface area contributed by atoms with Gasteiger partial charge in [-0.2, -0.15) is 0 Å². The smallest absolute Gasteiger partial charge is 0.0947 e. The van der Waals surface area contributed by atoms with Crippen LogP contribution in [0.15, 0.2) is 23.0 Å². The van der Waals surface area contributed by atoms with Crippen LogP contribution in [0.2, 0.25) is 0 Å². The molecule has 1 aromatic heterocycles. The molecule has 0 bridgehead atoms. The molecule has 0 saturated heterocycles. The molecule has 3 nitrogen and oxygen atoms in total. The number of rotatable bonds is 8. The van der Waals surface area contributed by atoms with Gasteiger partial charge in [0.2, 0.25) is 0 Å². The quantitative estimate of drug-likeness (QED) is 0.766. The van der Waals surface area contributed by atoms with E-state index in [1.165, 1.54) is 31.2 Å². The molecule has 0 radical (unpaired) electrons. The molecule has 1 N–H and O–H groups in total. The van der Waals surface area contributed by atoms with Crippen LogP contribution in [-0.2, 0) is 6.54 Å². The van der Waals surface area contributed by atoms with Crippen molar-refractivity contribution in [1.29, 1.82) is 0 Å². The second kappa shape index (κ2) is 5.45. The Morgan fingerprint density at radius 2 is 2.06 bits per heavy atom. The van der Waals surface area contributed by atoms with Crippen LogP contribution in [-0.4, -0.2) is 31.1 Å². The zero-order valence-corrected chi connectivity index (χ0v) is 11.3. The van der Waals surface area contributed by atoms with Crippen molar-refractivity contribution >= 4 is 0 Å². The van der Waals surface area contributed by atoms with E-state index in [0.29, 0.717) is 0 Å². The highest BCUT2D eigenvalue weighted by atomic mass is 16.3. The summed E-state index contributed by atoms with van der Waals surface area (Å²) in [6, 6.07) is 2.87. The fourth-order valence-corrected chi connectivity index (χ4v) is 2.82. The predicted octanol–water partition coefficient (Wildman–Crippen LogP) is 2.49. The van der Waals surface area contributed by atoms with E-state index in [2.05, 4.69) is 17.3 Å². The first-order valence-corrected chi connectivity index (χ1v) is 7.26. The first-order chi connectivity index (χ1) is 8.83. The van der Waals surface area contributed by atoms with E-state index in [-0.39, 0.29) is 0 Å². The summed E-state index contributed by atoms with van der Waals surface area (Å²) < 4.78 is 5.10. The third-order valence-electron chi connectivity index (χ3n) is 4.17. The van der Waals surface area contributed by atoms with Gasteiger partial charge in [-0.3, -0.25) is 0 Å². The minimum atomic E-state index is 0.826. The number of furan rings is 1. The second-order valence-electron chi connectivity index (χ2n) is 6.02. The lowest BCUT2D eigenvalue weighted by Gasteiger charge is -2.21. The van der Waals surface area contributed by atoms with E-state index in [0.717, 1.165) is 37.5 Å².